The van der Waals surface area contributed by atoms with Crippen LogP contribution in [0.4, 0.5) is 8.22 Å². The van der Waals surface area contributed by atoms with Gasteiger partial charge in [-0.2, -0.15) is 0 Å². The fourth-order valence-corrected chi connectivity index (χ4v) is 5.11. The van der Waals surface area contributed by atoms with E-state index in [9.17, 15) is 4.79 Å². The molecule has 0 aliphatic carbocycles. The molecule has 0 atom stereocenters. The van der Waals surface area contributed by atoms with Crippen LogP contribution in [0.5, 0.6) is 0 Å². The van der Waals surface area contributed by atoms with Crippen molar-refractivity contribution in [2.24, 2.45) is 0 Å². The molecule has 0 aliphatic rings. The van der Waals surface area contributed by atoms with Crippen molar-refractivity contribution in [2.75, 3.05) is 0 Å². The summed E-state index contributed by atoms with van der Waals surface area (Å²) in [4.78, 5) is 10.6. The molecule has 0 heterocycles. The second-order valence-corrected chi connectivity index (χ2v) is 8.05. The molecule has 0 fully saturated rings. The largest absolute Gasteiger partial charge is 0.481 e. The van der Waals surface area contributed by atoms with Gasteiger partial charge in [-0.05, 0) is 34.0 Å². The molecule has 0 saturated carbocycles. The fourth-order valence-electron chi connectivity index (χ4n) is 2.99. The standard InChI is InChI=1S/C18H16F2O2Si/c19-23(20,11-5-10-17(21)22)18-15-8-3-1-6-13(15)12-14-7-2-4-9-16(14)18/h1-4,6-9,12H,5,10-11H2,(H,21,22). The van der Waals surface area contributed by atoms with Gasteiger partial charge in [-0.1, -0.05) is 48.5 Å². The molecule has 3 aromatic carbocycles. The van der Waals surface area contributed by atoms with E-state index in [1.54, 1.807) is 24.3 Å². The average Bonchev–Trinajstić information content (AvgIpc) is 2.51. The van der Waals surface area contributed by atoms with E-state index in [0.29, 0.717) is 10.8 Å². The first-order valence-corrected chi connectivity index (χ1v) is 9.46. The third-order valence-electron chi connectivity index (χ3n) is 4.02. The van der Waals surface area contributed by atoms with Crippen molar-refractivity contribution in [1.82, 2.24) is 0 Å². The number of rotatable bonds is 5. The Kier molecular flexibility index (Phi) is 4.13. The number of hydrogen-bond donors (Lipinski definition) is 1. The number of benzene rings is 3. The number of aliphatic carboxylic acids is 1. The Morgan fingerprint density at radius 2 is 1.48 bits per heavy atom. The van der Waals surface area contributed by atoms with Gasteiger partial charge >= 0.3 is 14.7 Å². The van der Waals surface area contributed by atoms with E-state index in [4.69, 9.17) is 5.11 Å². The van der Waals surface area contributed by atoms with Crippen LogP contribution in [-0.4, -0.2) is 19.8 Å². The van der Waals surface area contributed by atoms with E-state index in [2.05, 4.69) is 0 Å². The molecule has 0 bridgehead atoms. The van der Waals surface area contributed by atoms with Gasteiger partial charge < -0.3 is 5.11 Å². The van der Waals surface area contributed by atoms with Crippen molar-refractivity contribution < 1.29 is 18.1 Å². The zero-order valence-electron chi connectivity index (χ0n) is 12.4. The van der Waals surface area contributed by atoms with Crippen LogP contribution in [0.15, 0.2) is 54.6 Å². The summed E-state index contributed by atoms with van der Waals surface area (Å²) in [6.45, 7) is 0. The third-order valence-corrected chi connectivity index (χ3v) is 6.27. The van der Waals surface area contributed by atoms with Crippen LogP contribution < -0.4 is 5.19 Å². The average molecular weight is 330 g/mol. The zero-order valence-corrected chi connectivity index (χ0v) is 13.4. The molecule has 1 N–H and O–H groups in total. The van der Waals surface area contributed by atoms with Crippen LogP contribution in [0.2, 0.25) is 6.04 Å². The highest BCUT2D eigenvalue weighted by Crippen LogP contribution is 2.28. The monoisotopic (exact) mass is 330 g/mol. The molecule has 0 radical (unpaired) electrons. The van der Waals surface area contributed by atoms with Gasteiger partial charge in [0.05, 0.1) is 0 Å². The van der Waals surface area contributed by atoms with Crippen LogP contribution in [0.25, 0.3) is 21.5 Å². The first-order chi connectivity index (χ1) is 11.0. The highest BCUT2D eigenvalue weighted by atomic mass is 28.4. The summed E-state index contributed by atoms with van der Waals surface area (Å²) in [6.07, 6.45) is -0.211. The molecule has 5 heteroatoms. The molecule has 0 unspecified atom stereocenters. The summed E-state index contributed by atoms with van der Waals surface area (Å²) in [5, 5.41) is 11.6. The van der Waals surface area contributed by atoms with Gasteiger partial charge in [0.15, 0.2) is 0 Å². The normalized spacial score (nSPS) is 11.9. The van der Waals surface area contributed by atoms with Crippen LogP contribution in [0, 0.1) is 0 Å². The molecule has 0 aliphatic heterocycles. The van der Waals surface area contributed by atoms with Gasteiger partial charge in [0, 0.05) is 17.7 Å². The Hall–Kier alpha value is -2.27. The lowest BCUT2D eigenvalue weighted by atomic mass is 10.0. The predicted molar refractivity (Wildman–Crippen MR) is 90.7 cm³/mol. The van der Waals surface area contributed by atoms with Crippen LogP contribution in [-0.2, 0) is 4.79 Å². The summed E-state index contributed by atoms with van der Waals surface area (Å²) in [5.74, 6) is -1.03. The first kappa shape index (κ1) is 15.6. The van der Waals surface area contributed by atoms with Gasteiger partial charge in [0.2, 0.25) is 0 Å². The van der Waals surface area contributed by atoms with E-state index >= 15 is 8.22 Å². The summed E-state index contributed by atoms with van der Waals surface area (Å²) >= 11 is 0. The van der Waals surface area contributed by atoms with Crippen molar-refractivity contribution in [3.8, 4) is 0 Å². The summed E-state index contributed by atoms with van der Waals surface area (Å²) in [7, 11) is -4.74. The molecule has 0 saturated heterocycles. The maximum absolute atomic E-state index is 15.0. The summed E-state index contributed by atoms with van der Waals surface area (Å²) in [5.41, 5.74) is 0. The van der Waals surface area contributed by atoms with Crippen molar-refractivity contribution >= 4 is 41.4 Å². The second kappa shape index (κ2) is 6.08. The van der Waals surface area contributed by atoms with Crippen LogP contribution in [0.1, 0.15) is 12.8 Å². The number of carboxylic acids is 1. The highest BCUT2D eigenvalue weighted by Gasteiger charge is 2.40. The number of fused-ring (bicyclic) bond motifs is 2. The summed E-state index contributed by atoms with van der Waals surface area (Å²) in [6, 6.07) is 15.9. The Bertz CT molecular complexity index is 823. The van der Waals surface area contributed by atoms with Gasteiger partial charge in [0.25, 0.3) is 0 Å². The zero-order chi connectivity index (χ0) is 16.4. The molecule has 118 valence electrons. The SMILES string of the molecule is O=C(O)CCC[Si](F)(F)c1c2ccccc2cc2ccccc12. The maximum Gasteiger partial charge on any atom is 0.456 e. The molecule has 0 spiro atoms. The Labute approximate surface area is 133 Å². The van der Waals surface area contributed by atoms with Gasteiger partial charge in [0.1, 0.15) is 0 Å². The predicted octanol–water partition coefficient (Wildman–Crippen LogP) is 4.45. The lowest BCUT2D eigenvalue weighted by Crippen LogP contribution is -2.40. The number of hydrogen-bond acceptors (Lipinski definition) is 1. The molecule has 0 aromatic heterocycles. The van der Waals surface area contributed by atoms with Gasteiger partial charge in [-0.3, -0.25) is 13.0 Å². The first-order valence-electron chi connectivity index (χ1n) is 7.49. The van der Waals surface area contributed by atoms with Crippen LogP contribution in [0.3, 0.4) is 0 Å². The van der Waals surface area contributed by atoms with E-state index in [-0.39, 0.29) is 24.1 Å². The topological polar surface area (TPSA) is 37.3 Å². The van der Waals surface area contributed by atoms with E-state index in [1.807, 2.05) is 30.3 Å². The van der Waals surface area contributed by atoms with E-state index in [1.165, 1.54) is 0 Å². The lowest BCUT2D eigenvalue weighted by Gasteiger charge is -2.18. The van der Waals surface area contributed by atoms with E-state index in [0.717, 1.165) is 10.8 Å². The summed E-state index contributed by atoms with van der Waals surface area (Å²) < 4.78 is 30.0. The van der Waals surface area contributed by atoms with Crippen molar-refractivity contribution in [3.63, 3.8) is 0 Å². The van der Waals surface area contributed by atoms with Crippen LogP contribution >= 0.6 is 0 Å². The van der Waals surface area contributed by atoms with Crippen molar-refractivity contribution in [3.05, 3.63) is 54.6 Å². The fraction of sp³-hybridized carbons (Fsp3) is 0.167. The van der Waals surface area contributed by atoms with E-state index < -0.39 is 14.7 Å². The minimum absolute atomic E-state index is 0.00606. The Morgan fingerprint density at radius 1 is 0.957 bits per heavy atom. The highest BCUT2D eigenvalue weighted by molar-refractivity contribution is 6.84. The van der Waals surface area contributed by atoms with Gasteiger partial charge in [-0.25, -0.2) is 0 Å². The smallest absolute Gasteiger partial charge is 0.456 e. The second-order valence-electron chi connectivity index (χ2n) is 5.65. The molecule has 0 amide bonds. The Morgan fingerprint density at radius 3 is 2.00 bits per heavy atom. The number of halogens is 2. The molecule has 3 rings (SSSR count). The molecular formula is C18H16F2O2Si. The lowest BCUT2D eigenvalue weighted by molar-refractivity contribution is -0.137. The minimum atomic E-state index is -4.74. The van der Waals surface area contributed by atoms with Crippen molar-refractivity contribution in [1.29, 1.82) is 0 Å². The Balaban J connectivity index is 2.17. The molecule has 2 nitrogen and oxygen atoms in total. The number of carbonyl (C=O) groups is 1. The maximum atomic E-state index is 15.0. The quantitative estimate of drug-likeness (QED) is 0.426. The molecule has 3 aromatic rings. The van der Waals surface area contributed by atoms with Crippen molar-refractivity contribution in [2.45, 2.75) is 18.9 Å². The number of carboxylic acid groups (broad SMARTS) is 1. The molecule has 23 heavy (non-hydrogen) atoms. The minimum Gasteiger partial charge on any atom is -0.481 e. The van der Waals surface area contributed by atoms with Gasteiger partial charge in [-0.15, -0.1) is 0 Å². The molecular weight excluding hydrogens is 314 g/mol. The third kappa shape index (κ3) is 3.10.